The molecule has 0 aliphatic carbocycles. The third kappa shape index (κ3) is 4.49. The number of carbonyl (C=O) groups is 2. The van der Waals surface area contributed by atoms with Gasteiger partial charge in [-0.3, -0.25) is 9.59 Å². The molecule has 2 aromatic carbocycles. The van der Waals surface area contributed by atoms with Crippen molar-refractivity contribution in [1.29, 1.82) is 0 Å². The van der Waals surface area contributed by atoms with Gasteiger partial charge in [-0.05, 0) is 29.8 Å². The zero-order chi connectivity index (χ0) is 17.5. The van der Waals surface area contributed by atoms with Crippen molar-refractivity contribution in [3.05, 3.63) is 64.7 Å². The van der Waals surface area contributed by atoms with Gasteiger partial charge in [0, 0.05) is 5.02 Å². The lowest BCUT2D eigenvalue weighted by molar-refractivity contribution is -0.141. The summed E-state index contributed by atoms with van der Waals surface area (Å²) in [6, 6.07) is 13.3. The topological polar surface area (TPSA) is 64.6 Å². The SMILES string of the molecule is COC(=O)CC(NC(=O)c1ccccc1OC)c1ccc(Cl)cc1. The predicted molar refractivity (Wildman–Crippen MR) is 91.3 cm³/mol. The van der Waals surface area contributed by atoms with E-state index in [2.05, 4.69) is 5.32 Å². The molecule has 0 fully saturated rings. The van der Waals surface area contributed by atoms with E-state index in [1.165, 1.54) is 14.2 Å². The second kappa shape index (κ2) is 8.36. The number of benzene rings is 2. The minimum absolute atomic E-state index is 0.0129. The van der Waals surface area contributed by atoms with Crippen molar-refractivity contribution >= 4 is 23.5 Å². The zero-order valence-corrected chi connectivity index (χ0v) is 14.2. The maximum Gasteiger partial charge on any atom is 0.307 e. The van der Waals surface area contributed by atoms with Crippen LogP contribution < -0.4 is 10.1 Å². The Labute approximate surface area is 145 Å². The van der Waals surface area contributed by atoms with Gasteiger partial charge in [0.1, 0.15) is 5.75 Å². The number of para-hydroxylation sites is 1. The minimum atomic E-state index is -0.535. The first-order valence-electron chi connectivity index (χ1n) is 7.31. The van der Waals surface area contributed by atoms with Crippen molar-refractivity contribution in [1.82, 2.24) is 5.32 Å². The van der Waals surface area contributed by atoms with Gasteiger partial charge >= 0.3 is 5.97 Å². The summed E-state index contributed by atoms with van der Waals surface area (Å²) in [7, 11) is 2.81. The van der Waals surface area contributed by atoms with E-state index in [1.807, 2.05) is 0 Å². The summed E-state index contributed by atoms with van der Waals surface area (Å²) in [6.07, 6.45) is 0.0129. The molecule has 0 heterocycles. The molecule has 0 aliphatic rings. The van der Waals surface area contributed by atoms with Crippen molar-refractivity contribution in [3.63, 3.8) is 0 Å². The molecule has 1 N–H and O–H groups in total. The fourth-order valence-electron chi connectivity index (χ4n) is 2.27. The van der Waals surface area contributed by atoms with Crippen LogP contribution in [0.4, 0.5) is 0 Å². The Morgan fingerprint density at radius 2 is 1.75 bits per heavy atom. The average molecular weight is 348 g/mol. The van der Waals surface area contributed by atoms with Gasteiger partial charge in [0.05, 0.1) is 32.2 Å². The van der Waals surface area contributed by atoms with Gasteiger partial charge in [0.15, 0.2) is 0 Å². The number of nitrogens with one attached hydrogen (secondary N) is 1. The van der Waals surface area contributed by atoms with E-state index in [1.54, 1.807) is 48.5 Å². The van der Waals surface area contributed by atoms with Gasteiger partial charge in [-0.2, -0.15) is 0 Å². The monoisotopic (exact) mass is 347 g/mol. The summed E-state index contributed by atoms with van der Waals surface area (Å²) in [4.78, 5) is 24.3. The molecular weight excluding hydrogens is 330 g/mol. The highest BCUT2D eigenvalue weighted by atomic mass is 35.5. The van der Waals surface area contributed by atoms with Gasteiger partial charge in [0.25, 0.3) is 5.91 Å². The van der Waals surface area contributed by atoms with E-state index in [0.29, 0.717) is 16.3 Å². The lowest BCUT2D eigenvalue weighted by Gasteiger charge is -2.19. The van der Waals surface area contributed by atoms with Crippen LogP contribution in [-0.2, 0) is 9.53 Å². The summed E-state index contributed by atoms with van der Waals surface area (Å²) >= 11 is 5.90. The van der Waals surface area contributed by atoms with E-state index in [4.69, 9.17) is 21.1 Å². The maximum absolute atomic E-state index is 12.6. The standard InChI is InChI=1S/C18H18ClNO4/c1-23-16-6-4-3-5-14(16)18(22)20-15(11-17(21)24-2)12-7-9-13(19)10-8-12/h3-10,15H,11H2,1-2H3,(H,20,22). The number of methoxy groups -OCH3 is 2. The van der Waals surface area contributed by atoms with Gasteiger partial charge < -0.3 is 14.8 Å². The molecule has 0 spiro atoms. The molecule has 1 atom stereocenters. The number of carbonyl (C=O) groups excluding carboxylic acids is 2. The number of halogens is 1. The first-order chi connectivity index (χ1) is 11.5. The summed E-state index contributed by atoms with van der Waals surface area (Å²) < 4.78 is 9.92. The third-order valence-corrected chi connectivity index (χ3v) is 3.78. The number of hydrogen-bond acceptors (Lipinski definition) is 4. The number of rotatable bonds is 6. The van der Waals surface area contributed by atoms with E-state index in [9.17, 15) is 9.59 Å². The molecule has 0 bridgehead atoms. The Kier molecular flexibility index (Phi) is 6.21. The molecule has 0 saturated heterocycles. The number of esters is 1. The van der Waals surface area contributed by atoms with Crippen molar-refractivity contribution in [2.75, 3.05) is 14.2 Å². The van der Waals surface area contributed by atoms with Crippen LogP contribution in [-0.4, -0.2) is 26.1 Å². The molecule has 0 radical (unpaired) electrons. The van der Waals surface area contributed by atoms with Crippen LogP contribution in [0, 0.1) is 0 Å². The summed E-state index contributed by atoms with van der Waals surface area (Å²) in [5.41, 5.74) is 1.15. The van der Waals surface area contributed by atoms with Gasteiger partial charge in [-0.15, -0.1) is 0 Å². The molecule has 1 amide bonds. The van der Waals surface area contributed by atoms with E-state index < -0.39 is 12.0 Å². The van der Waals surface area contributed by atoms with Gasteiger partial charge in [-0.1, -0.05) is 35.9 Å². The highest BCUT2D eigenvalue weighted by Crippen LogP contribution is 2.23. The van der Waals surface area contributed by atoms with Crippen molar-refractivity contribution < 1.29 is 19.1 Å². The minimum Gasteiger partial charge on any atom is -0.496 e. The van der Waals surface area contributed by atoms with Crippen molar-refractivity contribution in [2.45, 2.75) is 12.5 Å². The van der Waals surface area contributed by atoms with Crippen LogP contribution in [0.5, 0.6) is 5.75 Å². The summed E-state index contributed by atoms with van der Waals surface area (Å²) in [5.74, 6) is -0.297. The molecule has 126 valence electrons. The molecule has 1 unspecified atom stereocenters. The molecule has 0 saturated carbocycles. The number of ether oxygens (including phenoxy) is 2. The van der Waals surface area contributed by atoms with Crippen LogP contribution in [0.1, 0.15) is 28.4 Å². The highest BCUT2D eigenvalue weighted by molar-refractivity contribution is 6.30. The second-order valence-electron chi connectivity index (χ2n) is 5.06. The third-order valence-electron chi connectivity index (χ3n) is 3.53. The largest absolute Gasteiger partial charge is 0.496 e. The van der Waals surface area contributed by atoms with Gasteiger partial charge in [0.2, 0.25) is 0 Å². The quantitative estimate of drug-likeness (QED) is 0.813. The molecule has 2 rings (SSSR count). The van der Waals surface area contributed by atoms with Gasteiger partial charge in [-0.25, -0.2) is 0 Å². The van der Waals surface area contributed by atoms with Crippen LogP contribution >= 0.6 is 11.6 Å². The molecule has 24 heavy (non-hydrogen) atoms. The second-order valence-corrected chi connectivity index (χ2v) is 5.49. The van der Waals surface area contributed by atoms with E-state index >= 15 is 0 Å². The molecule has 2 aromatic rings. The fourth-order valence-corrected chi connectivity index (χ4v) is 2.39. The Balaban J connectivity index is 2.25. The fraction of sp³-hybridized carbons (Fsp3) is 0.222. The van der Waals surface area contributed by atoms with Crippen LogP contribution in [0.2, 0.25) is 5.02 Å². The predicted octanol–water partition coefficient (Wildman–Crippen LogP) is 3.38. The lowest BCUT2D eigenvalue weighted by atomic mass is 10.0. The maximum atomic E-state index is 12.6. The zero-order valence-electron chi connectivity index (χ0n) is 13.4. The van der Waals surface area contributed by atoms with Crippen molar-refractivity contribution in [3.8, 4) is 5.75 Å². The normalized spacial score (nSPS) is 11.5. The number of amides is 1. The molecule has 6 heteroatoms. The highest BCUT2D eigenvalue weighted by Gasteiger charge is 2.21. The molecular formula is C18H18ClNO4. The first kappa shape index (κ1) is 17.8. The molecule has 0 aliphatic heterocycles. The Morgan fingerprint density at radius 1 is 1.08 bits per heavy atom. The Hall–Kier alpha value is -2.53. The van der Waals surface area contributed by atoms with Crippen molar-refractivity contribution in [2.24, 2.45) is 0 Å². The Bertz CT molecular complexity index is 715. The first-order valence-corrected chi connectivity index (χ1v) is 7.69. The average Bonchev–Trinajstić information content (AvgIpc) is 2.61. The van der Waals surface area contributed by atoms with Crippen LogP contribution in [0.3, 0.4) is 0 Å². The van der Waals surface area contributed by atoms with Crippen LogP contribution in [0.25, 0.3) is 0 Å². The number of hydrogen-bond donors (Lipinski definition) is 1. The summed E-state index contributed by atoms with van der Waals surface area (Å²) in [5, 5.41) is 3.42. The van der Waals surface area contributed by atoms with Crippen LogP contribution in [0.15, 0.2) is 48.5 Å². The summed E-state index contributed by atoms with van der Waals surface area (Å²) in [6.45, 7) is 0. The Morgan fingerprint density at radius 3 is 2.38 bits per heavy atom. The molecule has 0 aromatic heterocycles. The molecule has 5 nitrogen and oxygen atoms in total. The van der Waals surface area contributed by atoms with E-state index in [-0.39, 0.29) is 12.3 Å². The smallest absolute Gasteiger partial charge is 0.307 e. The van der Waals surface area contributed by atoms with E-state index in [0.717, 1.165) is 5.56 Å². The lowest BCUT2D eigenvalue weighted by Crippen LogP contribution is -2.30.